The van der Waals surface area contributed by atoms with Crippen molar-refractivity contribution >= 4 is 17.3 Å². The first-order chi connectivity index (χ1) is 10.6. The number of nitrogens with zero attached hydrogens (tertiary/aromatic N) is 1. The topological polar surface area (TPSA) is 32.3 Å². The smallest absolute Gasteiger partial charge is 0.255 e. The average Bonchev–Trinajstić information content (AvgIpc) is 3.04. The Morgan fingerprint density at radius 2 is 1.68 bits per heavy atom. The van der Waals surface area contributed by atoms with E-state index in [1.807, 2.05) is 38.1 Å². The lowest BCUT2D eigenvalue weighted by Gasteiger charge is -2.19. The Balaban J connectivity index is 1.80. The second kappa shape index (κ2) is 6.22. The molecule has 1 aliphatic rings. The lowest BCUT2D eigenvalue weighted by atomic mass is 10.1. The fourth-order valence-electron chi connectivity index (χ4n) is 2.82. The molecule has 3 heteroatoms. The highest BCUT2D eigenvalue weighted by Gasteiger charge is 2.14. The molecule has 0 aromatic heterocycles. The van der Waals surface area contributed by atoms with Crippen LogP contribution in [-0.2, 0) is 0 Å². The van der Waals surface area contributed by atoms with Crippen LogP contribution in [0.15, 0.2) is 42.5 Å². The first kappa shape index (κ1) is 14.6. The van der Waals surface area contributed by atoms with E-state index in [-0.39, 0.29) is 5.91 Å². The molecule has 0 radical (unpaired) electrons. The first-order valence-corrected chi connectivity index (χ1v) is 7.87. The number of hydrogen-bond donors (Lipinski definition) is 1. The summed E-state index contributed by atoms with van der Waals surface area (Å²) in [7, 11) is 0. The molecule has 0 unspecified atom stereocenters. The molecular weight excluding hydrogens is 272 g/mol. The summed E-state index contributed by atoms with van der Waals surface area (Å²) in [5, 5.41) is 3.04. The van der Waals surface area contributed by atoms with E-state index < -0.39 is 0 Å². The third kappa shape index (κ3) is 3.14. The molecule has 1 amide bonds. The number of benzene rings is 2. The van der Waals surface area contributed by atoms with Crippen molar-refractivity contribution in [2.24, 2.45) is 0 Å². The first-order valence-electron chi connectivity index (χ1n) is 7.87. The summed E-state index contributed by atoms with van der Waals surface area (Å²) in [5.74, 6) is -0.0540. The van der Waals surface area contributed by atoms with Crippen LogP contribution in [0, 0.1) is 13.8 Å². The zero-order valence-corrected chi connectivity index (χ0v) is 13.2. The molecule has 1 saturated heterocycles. The molecule has 0 spiro atoms. The zero-order valence-electron chi connectivity index (χ0n) is 13.2. The normalized spacial score (nSPS) is 14.2. The van der Waals surface area contributed by atoms with Gasteiger partial charge in [-0.2, -0.15) is 0 Å². The highest BCUT2D eigenvalue weighted by atomic mass is 16.1. The average molecular weight is 294 g/mol. The second-order valence-corrected chi connectivity index (χ2v) is 6.01. The number of anilines is 2. The lowest BCUT2D eigenvalue weighted by molar-refractivity contribution is 0.102. The Hall–Kier alpha value is -2.29. The fourth-order valence-corrected chi connectivity index (χ4v) is 2.82. The van der Waals surface area contributed by atoms with Crippen molar-refractivity contribution in [2.45, 2.75) is 26.7 Å². The van der Waals surface area contributed by atoms with Crippen molar-refractivity contribution in [1.29, 1.82) is 0 Å². The number of carbonyl (C=O) groups excluding carboxylic acids is 1. The van der Waals surface area contributed by atoms with E-state index in [0.717, 1.165) is 29.9 Å². The van der Waals surface area contributed by atoms with Crippen LogP contribution in [0.1, 0.15) is 34.3 Å². The molecule has 1 fully saturated rings. The van der Waals surface area contributed by atoms with Crippen LogP contribution in [0.2, 0.25) is 0 Å². The van der Waals surface area contributed by atoms with Gasteiger partial charge in [0.1, 0.15) is 0 Å². The third-order valence-corrected chi connectivity index (χ3v) is 4.25. The summed E-state index contributed by atoms with van der Waals surface area (Å²) >= 11 is 0. The van der Waals surface area contributed by atoms with Gasteiger partial charge in [0.25, 0.3) is 5.91 Å². The molecule has 0 saturated carbocycles. The Kier molecular flexibility index (Phi) is 4.14. The summed E-state index contributed by atoms with van der Waals surface area (Å²) in [5.41, 5.74) is 5.03. The van der Waals surface area contributed by atoms with Crippen LogP contribution in [0.4, 0.5) is 11.4 Å². The maximum absolute atomic E-state index is 12.4. The van der Waals surface area contributed by atoms with E-state index in [0.29, 0.717) is 5.56 Å². The number of hydrogen-bond acceptors (Lipinski definition) is 2. The second-order valence-electron chi connectivity index (χ2n) is 6.01. The van der Waals surface area contributed by atoms with Gasteiger partial charge >= 0.3 is 0 Å². The maximum Gasteiger partial charge on any atom is 0.255 e. The predicted molar refractivity (Wildman–Crippen MR) is 91.8 cm³/mol. The summed E-state index contributed by atoms with van der Waals surface area (Å²) in [6, 6.07) is 14.0. The third-order valence-electron chi connectivity index (χ3n) is 4.25. The van der Waals surface area contributed by atoms with Gasteiger partial charge in [0.15, 0.2) is 0 Å². The van der Waals surface area contributed by atoms with Crippen molar-refractivity contribution in [3.63, 3.8) is 0 Å². The lowest BCUT2D eigenvalue weighted by Crippen LogP contribution is -2.18. The molecule has 1 N–H and O–H groups in total. The van der Waals surface area contributed by atoms with Gasteiger partial charge in [-0.05, 0) is 56.5 Å². The van der Waals surface area contributed by atoms with E-state index in [4.69, 9.17) is 0 Å². The molecular formula is C19H22N2O. The molecule has 22 heavy (non-hydrogen) atoms. The van der Waals surface area contributed by atoms with Crippen LogP contribution >= 0.6 is 0 Å². The molecule has 1 aliphatic heterocycles. The SMILES string of the molecule is Cc1ccc(C(=O)Nc2cc(N3CCCC3)ccc2C)cc1. The van der Waals surface area contributed by atoms with Crippen molar-refractivity contribution in [1.82, 2.24) is 0 Å². The monoisotopic (exact) mass is 294 g/mol. The van der Waals surface area contributed by atoms with Crippen molar-refractivity contribution in [3.8, 4) is 0 Å². The van der Waals surface area contributed by atoms with Crippen LogP contribution < -0.4 is 10.2 Å². The van der Waals surface area contributed by atoms with Gasteiger partial charge in [-0.1, -0.05) is 23.8 Å². The summed E-state index contributed by atoms with van der Waals surface area (Å²) in [4.78, 5) is 14.8. The van der Waals surface area contributed by atoms with E-state index in [1.54, 1.807) is 0 Å². The molecule has 0 atom stereocenters. The van der Waals surface area contributed by atoms with Gasteiger partial charge in [-0.15, -0.1) is 0 Å². The fraction of sp³-hybridized carbons (Fsp3) is 0.316. The van der Waals surface area contributed by atoms with E-state index in [2.05, 4.69) is 28.4 Å². The molecule has 0 bridgehead atoms. The predicted octanol–water partition coefficient (Wildman–Crippen LogP) is 4.16. The molecule has 1 heterocycles. The zero-order chi connectivity index (χ0) is 15.5. The van der Waals surface area contributed by atoms with Gasteiger partial charge in [0.2, 0.25) is 0 Å². The minimum Gasteiger partial charge on any atom is -0.371 e. The Labute approximate surface area is 132 Å². The summed E-state index contributed by atoms with van der Waals surface area (Å²) < 4.78 is 0. The van der Waals surface area contributed by atoms with Crippen LogP contribution in [0.3, 0.4) is 0 Å². The molecule has 0 aliphatic carbocycles. The molecule has 114 valence electrons. The number of amides is 1. The number of aryl methyl sites for hydroxylation is 2. The summed E-state index contributed by atoms with van der Waals surface area (Å²) in [6.45, 7) is 6.26. The largest absolute Gasteiger partial charge is 0.371 e. The number of nitrogens with one attached hydrogen (secondary N) is 1. The quantitative estimate of drug-likeness (QED) is 0.922. The van der Waals surface area contributed by atoms with Gasteiger partial charge in [-0.3, -0.25) is 4.79 Å². The minimum atomic E-state index is -0.0540. The molecule has 3 rings (SSSR count). The van der Waals surface area contributed by atoms with Crippen molar-refractivity contribution in [3.05, 3.63) is 59.2 Å². The van der Waals surface area contributed by atoms with Crippen LogP contribution in [0.25, 0.3) is 0 Å². The van der Waals surface area contributed by atoms with Crippen LogP contribution in [0.5, 0.6) is 0 Å². The standard InChI is InChI=1S/C19H22N2O/c1-14-5-8-16(9-6-14)19(22)20-18-13-17(10-7-15(18)2)21-11-3-4-12-21/h5-10,13H,3-4,11-12H2,1-2H3,(H,20,22). The van der Waals surface area contributed by atoms with Gasteiger partial charge in [0, 0.05) is 30.0 Å². The number of rotatable bonds is 3. The molecule has 2 aromatic rings. The Morgan fingerprint density at radius 1 is 1.00 bits per heavy atom. The maximum atomic E-state index is 12.4. The highest BCUT2D eigenvalue weighted by molar-refractivity contribution is 6.04. The Bertz CT molecular complexity index is 670. The van der Waals surface area contributed by atoms with Crippen molar-refractivity contribution < 1.29 is 4.79 Å². The number of carbonyl (C=O) groups is 1. The van der Waals surface area contributed by atoms with Gasteiger partial charge in [0.05, 0.1) is 0 Å². The van der Waals surface area contributed by atoms with E-state index in [1.165, 1.54) is 18.5 Å². The molecule has 3 nitrogen and oxygen atoms in total. The van der Waals surface area contributed by atoms with Gasteiger partial charge in [-0.25, -0.2) is 0 Å². The minimum absolute atomic E-state index is 0.0540. The Morgan fingerprint density at radius 3 is 2.36 bits per heavy atom. The van der Waals surface area contributed by atoms with E-state index in [9.17, 15) is 4.79 Å². The van der Waals surface area contributed by atoms with Crippen LogP contribution in [-0.4, -0.2) is 19.0 Å². The molecule has 2 aromatic carbocycles. The highest BCUT2D eigenvalue weighted by Crippen LogP contribution is 2.26. The van der Waals surface area contributed by atoms with Gasteiger partial charge < -0.3 is 10.2 Å². The van der Waals surface area contributed by atoms with E-state index >= 15 is 0 Å². The van der Waals surface area contributed by atoms with Crippen molar-refractivity contribution in [2.75, 3.05) is 23.3 Å². The summed E-state index contributed by atoms with van der Waals surface area (Å²) in [6.07, 6.45) is 2.50.